The number of aromatic nitrogens is 3. The predicted molar refractivity (Wildman–Crippen MR) is 52.9 cm³/mol. The summed E-state index contributed by atoms with van der Waals surface area (Å²) in [5.41, 5.74) is 6.86. The molecule has 1 unspecified atom stereocenters. The molecule has 0 saturated heterocycles. The van der Waals surface area contributed by atoms with E-state index in [0.29, 0.717) is 11.7 Å². The van der Waals surface area contributed by atoms with Crippen LogP contribution in [0.4, 0.5) is 5.82 Å². The van der Waals surface area contributed by atoms with Crippen molar-refractivity contribution in [3.63, 3.8) is 0 Å². The summed E-state index contributed by atoms with van der Waals surface area (Å²) in [5.74, 6) is 1.16. The summed E-state index contributed by atoms with van der Waals surface area (Å²) in [6.45, 7) is 2.74. The van der Waals surface area contributed by atoms with Crippen molar-refractivity contribution in [2.75, 3.05) is 12.8 Å². The van der Waals surface area contributed by atoms with E-state index in [4.69, 9.17) is 10.5 Å². The Hall–Kier alpha value is -1.10. The van der Waals surface area contributed by atoms with Gasteiger partial charge in [-0.2, -0.15) is 0 Å². The average Bonchev–Trinajstić information content (AvgIpc) is 2.93. The van der Waals surface area contributed by atoms with E-state index in [1.807, 2.05) is 11.6 Å². The molecule has 1 heterocycles. The van der Waals surface area contributed by atoms with Gasteiger partial charge in [0.2, 0.25) is 0 Å². The largest absolute Gasteiger partial charge is 0.381 e. The first-order valence-corrected chi connectivity index (χ1v) is 4.94. The van der Waals surface area contributed by atoms with Crippen molar-refractivity contribution in [1.82, 2.24) is 15.0 Å². The first kappa shape index (κ1) is 9.45. The van der Waals surface area contributed by atoms with Crippen molar-refractivity contribution in [3.05, 3.63) is 5.69 Å². The summed E-state index contributed by atoms with van der Waals surface area (Å²) >= 11 is 0. The second-order valence-electron chi connectivity index (χ2n) is 3.86. The Labute approximate surface area is 83.2 Å². The van der Waals surface area contributed by atoms with E-state index in [1.54, 1.807) is 7.11 Å². The molecule has 5 heteroatoms. The molecule has 78 valence electrons. The lowest BCUT2D eigenvalue weighted by Gasteiger charge is -2.11. The maximum Gasteiger partial charge on any atom is 0.169 e. The Morgan fingerprint density at radius 3 is 2.93 bits per heavy atom. The highest BCUT2D eigenvalue weighted by Crippen LogP contribution is 2.41. The zero-order valence-corrected chi connectivity index (χ0v) is 8.60. The number of nitrogens with two attached hydrogens (primary N) is 1. The Morgan fingerprint density at radius 2 is 2.36 bits per heavy atom. The van der Waals surface area contributed by atoms with Gasteiger partial charge in [0.15, 0.2) is 5.82 Å². The van der Waals surface area contributed by atoms with E-state index in [2.05, 4.69) is 10.3 Å². The van der Waals surface area contributed by atoms with Crippen molar-refractivity contribution < 1.29 is 4.74 Å². The number of hydrogen-bond donors (Lipinski definition) is 1. The molecule has 1 fully saturated rings. The van der Waals surface area contributed by atoms with Crippen LogP contribution >= 0.6 is 0 Å². The van der Waals surface area contributed by atoms with E-state index < -0.39 is 0 Å². The SMILES string of the molecule is COC(C)Cn1nnc(N)c1C1CC1. The minimum Gasteiger partial charge on any atom is -0.381 e. The van der Waals surface area contributed by atoms with Crippen LogP contribution in [0.25, 0.3) is 0 Å². The van der Waals surface area contributed by atoms with Gasteiger partial charge in [0.05, 0.1) is 18.3 Å². The zero-order valence-electron chi connectivity index (χ0n) is 8.60. The molecule has 0 aliphatic heterocycles. The molecule has 1 aromatic rings. The van der Waals surface area contributed by atoms with Crippen LogP contribution in [0, 0.1) is 0 Å². The van der Waals surface area contributed by atoms with Crippen molar-refractivity contribution in [1.29, 1.82) is 0 Å². The topological polar surface area (TPSA) is 66.0 Å². The molecular weight excluding hydrogens is 180 g/mol. The molecule has 1 aromatic heterocycles. The highest BCUT2D eigenvalue weighted by molar-refractivity contribution is 5.38. The third-order valence-electron chi connectivity index (χ3n) is 2.60. The van der Waals surface area contributed by atoms with Crippen LogP contribution in [0.1, 0.15) is 31.4 Å². The highest BCUT2D eigenvalue weighted by atomic mass is 16.5. The van der Waals surface area contributed by atoms with Gasteiger partial charge in [-0.15, -0.1) is 5.10 Å². The van der Waals surface area contributed by atoms with Crippen LogP contribution in [0.5, 0.6) is 0 Å². The number of methoxy groups -OCH3 is 1. The second-order valence-corrected chi connectivity index (χ2v) is 3.86. The maximum absolute atomic E-state index is 5.76. The summed E-state index contributed by atoms with van der Waals surface area (Å²) in [6.07, 6.45) is 2.56. The molecule has 1 aliphatic carbocycles. The van der Waals surface area contributed by atoms with Crippen LogP contribution in [-0.4, -0.2) is 28.2 Å². The summed E-state index contributed by atoms with van der Waals surface area (Å²) in [4.78, 5) is 0. The normalized spacial score (nSPS) is 18.4. The molecule has 2 N–H and O–H groups in total. The standard InChI is InChI=1S/C9H16N4O/c1-6(14-2)5-13-8(7-3-4-7)9(10)11-12-13/h6-7H,3-5,10H2,1-2H3. The molecule has 0 bridgehead atoms. The minimum atomic E-state index is 0.147. The Balaban J connectivity index is 2.15. The lowest BCUT2D eigenvalue weighted by molar-refractivity contribution is 0.0984. The third kappa shape index (κ3) is 1.72. The van der Waals surface area contributed by atoms with Crippen LogP contribution in [-0.2, 0) is 11.3 Å². The maximum atomic E-state index is 5.76. The molecule has 1 atom stereocenters. The van der Waals surface area contributed by atoms with E-state index >= 15 is 0 Å². The quantitative estimate of drug-likeness (QED) is 0.772. The van der Waals surface area contributed by atoms with Gasteiger partial charge >= 0.3 is 0 Å². The van der Waals surface area contributed by atoms with Gasteiger partial charge in [-0.1, -0.05) is 5.21 Å². The third-order valence-corrected chi connectivity index (χ3v) is 2.60. The zero-order chi connectivity index (χ0) is 10.1. The summed E-state index contributed by atoms with van der Waals surface area (Å²) in [7, 11) is 1.70. The number of anilines is 1. The summed E-state index contributed by atoms with van der Waals surface area (Å²) in [6, 6.07) is 0. The van der Waals surface area contributed by atoms with Gasteiger partial charge in [-0.05, 0) is 19.8 Å². The lowest BCUT2D eigenvalue weighted by atomic mass is 10.3. The smallest absolute Gasteiger partial charge is 0.169 e. The van der Waals surface area contributed by atoms with Crippen molar-refractivity contribution in [2.24, 2.45) is 0 Å². The molecule has 0 spiro atoms. The first-order chi connectivity index (χ1) is 6.72. The number of hydrogen-bond acceptors (Lipinski definition) is 4. The molecule has 5 nitrogen and oxygen atoms in total. The van der Waals surface area contributed by atoms with Gasteiger partial charge in [-0.3, -0.25) is 0 Å². The number of rotatable bonds is 4. The second kappa shape index (κ2) is 3.57. The van der Waals surface area contributed by atoms with Gasteiger partial charge in [0, 0.05) is 13.0 Å². The van der Waals surface area contributed by atoms with Crippen LogP contribution < -0.4 is 5.73 Å². The minimum absolute atomic E-state index is 0.147. The van der Waals surface area contributed by atoms with Crippen LogP contribution in [0.3, 0.4) is 0 Å². The molecule has 2 rings (SSSR count). The van der Waals surface area contributed by atoms with Gasteiger partial charge < -0.3 is 10.5 Å². The molecule has 0 aromatic carbocycles. The van der Waals surface area contributed by atoms with Gasteiger partial charge in [0.25, 0.3) is 0 Å². The number of nitrogens with zero attached hydrogens (tertiary/aromatic N) is 3. The Bertz CT molecular complexity index is 319. The first-order valence-electron chi connectivity index (χ1n) is 4.94. The van der Waals surface area contributed by atoms with Crippen LogP contribution in [0.15, 0.2) is 0 Å². The Kier molecular flexibility index (Phi) is 2.41. The molecule has 1 aliphatic rings. The highest BCUT2D eigenvalue weighted by Gasteiger charge is 2.30. The molecule has 0 amide bonds. The van der Waals surface area contributed by atoms with E-state index in [9.17, 15) is 0 Å². The molecule has 14 heavy (non-hydrogen) atoms. The molecule has 1 saturated carbocycles. The molecular formula is C9H16N4O. The van der Waals surface area contributed by atoms with Crippen molar-refractivity contribution in [3.8, 4) is 0 Å². The monoisotopic (exact) mass is 196 g/mol. The summed E-state index contributed by atoms with van der Waals surface area (Å²) < 4.78 is 7.07. The number of nitrogen functional groups attached to an aromatic ring is 1. The van der Waals surface area contributed by atoms with Gasteiger partial charge in [0.1, 0.15) is 0 Å². The predicted octanol–water partition coefficient (Wildman–Crippen LogP) is 0.773. The van der Waals surface area contributed by atoms with E-state index in [0.717, 1.165) is 12.2 Å². The summed E-state index contributed by atoms with van der Waals surface area (Å²) in [5, 5.41) is 7.93. The van der Waals surface area contributed by atoms with Gasteiger partial charge in [-0.25, -0.2) is 4.68 Å². The number of ether oxygens (including phenoxy) is 1. The average molecular weight is 196 g/mol. The van der Waals surface area contributed by atoms with Crippen LogP contribution in [0.2, 0.25) is 0 Å². The van der Waals surface area contributed by atoms with Crippen molar-refractivity contribution >= 4 is 5.82 Å². The van der Waals surface area contributed by atoms with E-state index in [-0.39, 0.29) is 6.10 Å². The fourth-order valence-corrected chi connectivity index (χ4v) is 1.56. The Morgan fingerprint density at radius 1 is 1.64 bits per heavy atom. The fourth-order valence-electron chi connectivity index (χ4n) is 1.56. The molecule has 0 radical (unpaired) electrons. The van der Waals surface area contributed by atoms with E-state index in [1.165, 1.54) is 12.8 Å². The fraction of sp³-hybridized carbons (Fsp3) is 0.778. The lowest BCUT2D eigenvalue weighted by Crippen LogP contribution is -2.17. The van der Waals surface area contributed by atoms with Crippen molar-refractivity contribution in [2.45, 2.75) is 38.3 Å².